The maximum atomic E-state index is 6.10. The number of hydrogen-bond donors (Lipinski definition) is 1. The van der Waals surface area contributed by atoms with Crippen LogP contribution in [0, 0.1) is 6.92 Å². The molecule has 2 N–H and O–H groups in total. The van der Waals surface area contributed by atoms with Crippen molar-refractivity contribution in [3.63, 3.8) is 0 Å². The van der Waals surface area contributed by atoms with Crippen LogP contribution in [0.4, 0.5) is 5.69 Å². The Balaban J connectivity index is 0.00000242. The van der Waals surface area contributed by atoms with Crippen molar-refractivity contribution in [2.45, 2.75) is 33.1 Å². The number of aryl methyl sites for hydroxylation is 1. The molecule has 0 saturated carbocycles. The highest BCUT2D eigenvalue weighted by Crippen LogP contribution is 2.18. The molecule has 1 aromatic rings. The van der Waals surface area contributed by atoms with E-state index in [-0.39, 0.29) is 24.0 Å². The minimum absolute atomic E-state index is 0. The molecule has 0 amide bonds. The van der Waals surface area contributed by atoms with Gasteiger partial charge in [0.25, 0.3) is 0 Å². The Labute approximate surface area is 151 Å². The third-order valence-electron chi connectivity index (χ3n) is 4.16. The number of para-hydroxylation sites is 1. The summed E-state index contributed by atoms with van der Waals surface area (Å²) in [5, 5.41) is 0. The molecule has 0 aliphatic carbocycles. The predicted molar refractivity (Wildman–Crippen MR) is 106 cm³/mol. The lowest BCUT2D eigenvalue weighted by molar-refractivity contribution is 0.338. The first-order valence-electron chi connectivity index (χ1n) is 8.08. The van der Waals surface area contributed by atoms with Crippen LogP contribution in [-0.2, 0) is 0 Å². The van der Waals surface area contributed by atoms with Gasteiger partial charge in [0, 0.05) is 31.9 Å². The van der Waals surface area contributed by atoms with Crippen molar-refractivity contribution in [2.75, 3.05) is 37.6 Å². The molecule has 0 unspecified atom stereocenters. The molecule has 2 rings (SSSR count). The summed E-state index contributed by atoms with van der Waals surface area (Å²) in [4.78, 5) is 9.15. The van der Waals surface area contributed by atoms with Gasteiger partial charge in [-0.3, -0.25) is 4.99 Å². The highest BCUT2D eigenvalue weighted by Gasteiger charge is 2.12. The molecule has 1 saturated heterocycles. The van der Waals surface area contributed by atoms with Gasteiger partial charge in [0.2, 0.25) is 0 Å². The van der Waals surface area contributed by atoms with Gasteiger partial charge in [-0.05, 0) is 44.7 Å². The first-order valence-corrected chi connectivity index (χ1v) is 8.08. The number of benzene rings is 1. The van der Waals surface area contributed by atoms with Crippen LogP contribution < -0.4 is 10.6 Å². The molecule has 1 heterocycles. The zero-order valence-corrected chi connectivity index (χ0v) is 16.1. The van der Waals surface area contributed by atoms with E-state index in [2.05, 4.69) is 52.9 Å². The second kappa shape index (κ2) is 9.92. The van der Waals surface area contributed by atoms with Gasteiger partial charge in [0.05, 0.1) is 6.54 Å². The molecule has 124 valence electrons. The lowest BCUT2D eigenvalue weighted by Crippen LogP contribution is -2.41. The number of hydrogen-bond acceptors (Lipinski definition) is 2. The van der Waals surface area contributed by atoms with E-state index in [9.17, 15) is 0 Å². The van der Waals surface area contributed by atoms with Crippen LogP contribution in [0.25, 0.3) is 0 Å². The molecule has 0 bridgehead atoms. The number of piperidine rings is 1. The summed E-state index contributed by atoms with van der Waals surface area (Å²) in [6, 6.07) is 8.51. The number of nitrogens with zero attached hydrogens (tertiary/aromatic N) is 3. The summed E-state index contributed by atoms with van der Waals surface area (Å²) in [7, 11) is 0. The van der Waals surface area contributed by atoms with Gasteiger partial charge in [-0.25, -0.2) is 0 Å². The number of nitrogens with two attached hydrogens (primary N) is 1. The number of halogens is 1. The second-order valence-corrected chi connectivity index (χ2v) is 5.65. The summed E-state index contributed by atoms with van der Waals surface area (Å²) in [5.41, 5.74) is 8.71. The molecule has 0 atom stereocenters. The van der Waals surface area contributed by atoms with Crippen molar-refractivity contribution < 1.29 is 0 Å². The van der Waals surface area contributed by atoms with Crippen LogP contribution in [-0.4, -0.2) is 43.6 Å². The standard InChI is InChI=1S/C17H28N4.HI/c1-3-20(16-10-6-5-9-15(16)2)14-11-19-17(18)21-12-7-4-8-13-21;/h5-6,9-10H,3-4,7-8,11-14H2,1-2H3,(H2,18,19);1H. The molecule has 1 aromatic carbocycles. The van der Waals surface area contributed by atoms with Gasteiger partial charge in [0.15, 0.2) is 5.96 Å². The summed E-state index contributed by atoms with van der Waals surface area (Å²) < 4.78 is 0. The van der Waals surface area contributed by atoms with Crippen LogP contribution in [0.3, 0.4) is 0 Å². The molecule has 0 aromatic heterocycles. The zero-order chi connectivity index (χ0) is 15.1. The summed E-state index contributed by atoms with van der Waals surface area (Å²) in [5.74, 6) is 0.718. The second-order valence-electron chi connectivity index (χ2n) is 5.65. The fourth-order valence-electron chi connectivity index (χ4n) is 2.88. The quantitative estimate of drug-likeness (QED) is 0.456. The van der Waals surface area contributed by atoms with Crippen molar-refractivity contribution in [2.24, 2.45) is 10.7 Å². The molecule has 1 fully saturated rings. The average molecular weight is 416 g/mol. The van der Waals surface area contributed by atoms with Crippen molar-refractivity contribution in [1.82, 2.24) is 4.90 Å². The molecule has 5 heteroatoms. The molecule has 1 aliphatic heterocycles. The number of anilines is 1. The van der Waals surface area contributed by atoms with E-state index in [1.54, 1.807) is 0 Å². The smallest absolute Gasteiger partial charge is 0.191 e. The lowest BCUT2D eigenvalue weighted by Gasteiger charge is -2.28. The van der Waals surface area contributed by atoms with E-state index >= 15 is 0 Å². The number of likely N-dealkylation sites (tertiary alicyclic amines) is 1. The van der Waals surface area contributed by atoms with E-state index < -0.39 is 0 Å². The van der Waals surface area contributed by atoms with E-state index in [1.165, 1.54) is 30.5 Å². The highest BCUT2D eigenvalue weighted by molar-refractivity contribution is 14.0. The third kappa shape index (κ3) is 5.34. The van der Waals surface area contributed by atoms with Crippen molar-refractivity contribution in [3.8, 4) is 0 Å². The first kappa shape index (κ1) is 19.1. The van der Waals surface area contributed by atoms with Crippen molar-refractivity contribution in [3.05, 3.63) is 29.8 Å². The summed E-state index contributed by atoms with van der Waals surface area (Å²) >= 11 is 0. The molecule has 22 heavy (non-hydrogen) atoms. The van der Waals surface area contributed by atoms with Crippen molar-refractivity contribution in [1.29, 1.82) is 0 Å². The van der Waals surface area contributed by atoms with Crippen LogP contribution in [0.5, 0.6) is 0 Å². The lowest BCUT2D eigenvalue weighted by atomic mass is 10.1. The maximum Gasteiger partial charge on any atom is 0.191 e. The van der Waals surface area contributed by atoms with E-state index in [4.69, 9.17) is 5.73 Å². The fourth-order valence-corrected chi connectivity index (χ4v) is 2.88. The Bertz CT molecular complexity index is 469. The van der Waals surface area contributed by atoms with Gasteiger partial charge in [-0.15, -0.1) is 24.0 Å². The van der Waals surface area contributed by atoms with E-state index in [1.807, 2.05) is 0 Å². The summed E-state index contributed by atoms with van der Waals surface area (Å²) in [6.07, 6.45) is 3.79. The predicted octanol–water partition coefficient (Wildman–Crippen LogP) is 3.24. The average Bonchev–Trinajstić information content (AvgIpc) is 2.53. The molecule has 4 nitrogen and oxygen atoms in total. The van der Waals surface area contributed by atoms with E-state index in [0.29, 0.717) is 0 Å². The van der Waals surface area contributed by atoms with Crippen LogP contribution >= 0.6 is 24.0 Å². The van der Waals surface area contributed by atoms with Gasteiger partial charge in [-0.2, -0.15) is 0 Å². The Kier molecular flexibility index (Phi) is 8.60. The minimum Gasteiger partial charge on any atom is -0.370 e. The van der Waals surface area contributed by atoms with Gasteiger partial charge in [0.1, 0.15) is 0 Å². The zero-order valence-electron chi connectivity index (χ0n) is 13.8. The van der Waals surface area contributed by atoms with Gasteiger partial charge < -0.3 is 15.5 Å². The number of likely N-dealkylation sites (N-methyl/N-ethyl adjacent to an activating group) is 1. The SMILES string of the molecule is CCN(CCN=C(N)N1CCCCC1)c1ccccc1C.I. The molecule has 1 aliphatic rings. The van der Waals surface area contributed by atoms with Gasteiger partial charge >= 0.3 is 0 Å². The van der Waals surface area contributed by atoms with Crippen LogP contribution in [0.15, 0.2) is 29.3 Å². The normalized spacial score (nSPS) is 15.4. The number of aliphatic imine (C=N–C) groups is 1. The highest BCUT2D eigenvalue weighted by atomic mass is 127. The van der Waals surface area contributed by atoms with Crippen LogP contribution in [0.1, 0.15) is 31.7 Å². The maximum absolute atomic E-state index is 6.10. The topological polar surface area (TPSA) is 44.9 Å². The molecule has 0 radical (unpaired) electrons. The van der Waals surface area contributed by atoms with Crippen molar-refractivity contribution >= 4 is 35.6 Å². The minimum atomic E-state index is 0. The van der Waals surface area contributed by atoms with Gasteiger partial charge in [-0.1, -0.05) is 18.2 Å². The monoisotopic (exact) mass is 416 g/mol. The Morgan fingerprint density at radius 1 is 1.23 bits per heavy atom. The molecular weight excluding hydrogens is 387 g/mol. The fraction of sp³-hybridized carbons (Fsp3) is 0.588. The number of rotatable bonds is 5. The van der Waals surface area contributed by atoms with Crippen LogP contribution in [0.2, 0.25) is 0 Å². The first-order chi connectivity index (χ1) is 10.2. The summed E-state index contributed by atoms with van der Waals surface area (Å²) in [6.45, 7) is 9.12. The molecular formula is C17H29IN4. The third-order valence-corrected chi connectivity index (χ3v) is 4.16. The largest absolute Gasteiger partial charge is 0.370 e. The Morgan fingerprint density at radius 3 is 2.55 bits per heavy atom. The molecule has 0 spiro atoms. The Hall–Kier alpha value is -0.980. The Morgan fingerprint density at radius 2 is 1.91 bits per heavy atom. The van der Waals surface area contributed by atoms with E-state index in [0.717, 1.165) is 38.7 Å². The number of guanidine groups is 1.